The highest BCUT2D eigenvalue weighted by atomic mass is 32.1. The highest BCUT2D eigenvalue weighted by Crippen LogP contribution is 2.33. The number of halogens is 4. The van der Waals surface area contributed by atoms with Crippen molar-refractivity contribution < 1.29 is 22.4 Å². The van der Waals surface area contributed by atoms with Gasteiger partial charge in [-0.25, -0.2) is 14.1 Å². The maximum atomic E-state index is 14.0. The maximum absolute atomic E-state index is 14.0. The molecule has 0 fully saturated rings. The molecule has 0 saturated carbocycles. The molecule has 0 aliphatic rings. The Bertz CT molecular complexity index is 1200. The van der Waals surface area contributed by atoms with E-state index in [9.17, 15) is 22.4 Å². The number of nitrogens with one attached hydrogen (secondary N) is 1. The van der Waals surface area contributed by atoms with Gasteiger partial charge in [-0.15, -0.1) is 10.2 Å². The molecule has 1 N–H and O–H groups in total. The first-order chi connectivity index (χ1) is 13.8. The normalized spacial score (nSPS) is 11.7. The van der Waals surface area contributed by atoms with Crippen molar-refractivity contribution in [3.05, 3.63) is 64.7 Å². The van der Waals surface area contributed by atoms with Crippen molar-refractivity contribution in [3.8, 4) is 0 Å². The number of nitrogens with zero attached hydrogens (tertiary/aromatic N) is 5. The van der Waals surface area contributed by atoms with Crippen LogP contribution in [0.5, 0.6) is 0 Å². The Morgan fingerprint density at radius 3 is 2.66 bits per heavy atom. The first-order valence-corrected chi connectivity index (χ1v) is 8.91. The minimum Gasteiger partial charge on any atom is -0.295 e. The van der Waals surface area contributed by atoms with E-state index in [1.807, 2.05) is 0 Å². The number of hydrogen-bond acceptors (Lipinski definition) is 6. The van der Waals surface area contributed by atoms with E-state index >= 15 is 0 Å². The van der Waals surface area contributed by atoms with Crippen LogP contribution in [0, 0.1) is 5.82 Å². The number of amides is 1. The summed E-state index contributed by atoms with van der Waals surface area (Å²) in [5.41, 5.74) is 0.593. The van der Waals surface area contributed by atoms with Crippen LogP contribution in [0.2, 0.25) is 0 Å². The Morgan fingerprint density at radius 2 is 1.93 bits per heavy atom. The summed E-state index contributed by atoms with van der Waals surface area (Å²) in [6.45, 7) is 0.0183. The van der Waals surface area contributed by atoms with Crippen LogP contribution in [0.4, 0.5) is 22.7 Å². The topological polar surface area (TPSA) is 85.6 Å². The largest absolute Gasteiger partial charge is 0.445 e. The quantitative estimate of drug-likeness (QED) is 0.507. The fourth-order valence-electron chi connectivity index (χ4n) is 2.62. The van der Waals surface area contributed by atoms with Gasteiger partial charge < -0.3 is 0 Å². The van der Waals surface area contributed by atoms with Crippen LogP contribution in [0.25, 0.3) is 11.0 Å². The van der Waals surface area contributed by atoms with Crippen LogP contribution in [0.3, 0.4) is 0 Å². The fraction of sp³-hybridized carbons (Fsp3) is 0.118. The summed E-state index contributed by atoms with van der Waals surface area (Å²) in [4.78, 5) is 16.8. The average molecular weight is 422 g/mol. The van der Waals surface area contributed by atoms with E-state index < -0.39 is 22.9 Å². The Morgan fingerprint density at radius 1 is 1.14 bits per heavy atom. The zero-order chi connectivity index (χ0) is 20.6. The standard InChI is InChI=1S/C17H10F4N6OS/c18-11-6-2-1-4-9(11)8-27-13-10(5-3-7-22-13)12(26-27)14(28)23-16-25-24-15(29-16)17(19,20)21/h1-7H,8H2,(H,23,25,28). The Kier molecular flexibility index (Phi) is 4.70. The molecule has 0 aliphatic carbocycles. The fourth-order valence-corrected chi connectivity index (χ4v) is 3.23. The van der Waals surface area contributed by atoms with Crippen molar-refractivity contribution in [2.75, 3.05) is 5.32 Å². The molecule has 0 radical (unpaired) electrons. The number of anilines is 1. The third-order valence-electron chi connectivity index (χ3n) is 3.89. The van der Waals surface area contributed by atoms with Gasteiger partial charge in [0.05, 0.1) is 11.9 Å². The van der Waals surface area contributed by atoms with E-state index in [1.54, 1.807) is 30.3 Å². The number of benzene rings is 1. The lowest BCUT2D eigenvalue weighted by molar-refractivity contribution is -0.138. The van der Waals surface area contributed by atoms with Crippen LogP contribution in [-0.4, -0.2) is 30.9 Å². The number of alkyl halides is 3. The van der Waals surface area contributed by atoms with Gasteiger partial charge in [-0.2, -0.15) is 18.3 Å². The molecule has 4 aromatic rings. The van der Waals surface area contributed by atoms with Crippen LogP contribution < -0.4 is 5.32 Å². The molecule has 3 aromatic heterocycles. The van der Waals surface area contributed by atoms with Gasteiger partial charge in [0.15, 0.2) is 11.3 Å². The Labute approximate surface area is 164 Å². The lowest BCUT2D eigenvalue weighted by atomic mass is 10.2. The van der Waals surface area contributed by atoms with Crippen LogP contribution in [0.15, 0.2) is 42.6 Å². The molecule has 12 heteroatoms. The molecule has 7 nitrogen and oxygen atoms in total. The van der Waals surface area contributed by atoms with E-state index in [-0.39, 0.29) is 28.7 Å². The number of aromatic nitrogens is 5. The van der Waals surface area contributed by atoms with Crippen LogP contribution in [0.1, 0.15) is 21.1 Å². The zero-order valence-electron chi connectivity index (χ0n) is 14.3. The lowest BCUT2D eigenvalue weighted by Gasteiger charge is -2.04. The highest BCUT2D eigenvalue weighted by molar-refractivity contribution is 7.15. The minimum absolute atomic E-state index is 0.0183. The third-order valence-corrected chi connectivity index (χ3v) is 4.77. The van der Waals surface area contributed by atoms with Crippen molar-refractivity contribution in [2.45, 2.75) is 12.7 Å². The molecule has 0 aliphatic heterocycles. The van der Waals surface area contributed by atoms with Crippen LogP contribution in [-0.2, 0) is 12.7 Å². The summed E-state index contributed by atoms with van der Waals surface area (Å²) in [6.07, 6.45) is -3.16. The predicted molar refractivity (Wildman–Crippen MR) is 95.9 cm³/mol. The maximum Gasteiger partial charge on any atom is 0.445 e. The minimum atomic E-state index is -4.65. The molecule has 0 bridgehead atoms. The van der Waals surface area contributed by atoms with Gasteiger partial charge in [0.1, 0.15) is 5.82 Å². The number of carbonyl (C=O) groups excluding carboxylic acids is 1. The highest BCUT2D eigenvalue weighted by Gasteiger charge is 2.36. The number of pyridine rings is 1. The summed E-state index contributed by atoms with van der Waals surface area (Å²) in [6, 6.07) is 9.26. The number of carbonyl (C=O) groups is 1. The second-order valence-electron chi connectivity index (χ2n) is 5.84. The summed E-state index contributed by atoms with van der Waals surface area (Å²) in [5, 5.41) is 11.7. The molecule has 29 heavy (non-hydrogen) atoms. The molecule has 0 unspecified atom stereocenters. The molecule has 1 aromatic carbocycles. The molecule has 0 spiro atoms. The van der Waals surface area contributed by atoms with Gasteiger partial charge in [0, 0.05) is 11.8 Å². The molecule has 1 amide bonds. The lowest BCUT2D eigenvalue weighted by Crippen LogP contribution is -2.14. The molecular formula is C17H10F4N6OS. The average Bonchev–Trinajstić information content (AvgIpc) is 3.29. The summed E-state index contributed by atoms with van der Waals surface area (Å²) < 4.78 is 53.3. The van der Waals surface area contributed by atoms with Gasteiger partial charge in [-0.3, -0.25) is 10.1 Å². The van der Waals surface area contributed by atoms with E-state index in [1.165, 1.54) is 16.9 Å². The monoisotopic (exact) mass is 422 g/mol. The summed E-state index contributed by atoms with van der Waals surface area (Å²) in [5.74, 6) is -1.22. The third kappa shape index (κ3) is 3.78. The molecule has 0 atom stereocenters. The van der Waals surface area contributed by atoms with Crippen molar-refractivity contribution in [1.82, 2.24) is 25.0 Å². The molecular weight excluding hydrogens is 412 g/mol. The van der Waals surface area contributed by atoms with Crippen molar-refractivity contribution in [1.29, 1.82) is 0 Å². The summed E-state index contributed by atoms with van der Waals surface area (Å²) >= 11 is 0.201. The first kappa shape index (κ1) is 18.9. The summed E-state index contributed by atoms with van der Waals surface area (Å²) in [7, 11) is 0. The number of fused-ring (bicyclic) bond motifs is 1. The van der Waals surface area contributed by atoms with E-state index in [0.29, 0.717) is 16.6 Å². The molecule has 4 rings (SSSR count). The smallest absolute Gasteiger partial charge is 0.295 e. The van der Waals surface area contributed by atoms with Crippen molar-refractivity contribution in [2.24, 2.45) is 0 Å². The number of hydrogen-bond donors (Lipinski definition) is 1. The van der Waals surface area contributed by atoms with Crippen LogP contribution >= 0.6 is 11.3 Å². The van der Waals surface area contributed by atoms with Crippen molar-refractivity contribution >= 4 is 33.4 Å². The van der Waals surface area contributed by atoms with Crippen molar-refractivity contribution in [3.63, 3.8) is 0 Å². The zero-order valence-corrected chi connectivity index (χ0v) is 15.1. The van der Waals surface area contributed by atoms with Gasteiger partial charge in [-0.05, 0) is 18.2 Å². The van der Waals surface area contributed by atoms with Gasteiger partial charge in [0.2, 0.25) is 10.1 Å². The molecule has 3 heterocycles. The molecule has 148 valence electrons. The molecule has 0 saturated heterocycles. The SMILES string of the molecule is O=C(Nc1nnc(C(F)(F)F)s1)c1nn(Cc2ccccc2F)c2ncccc12. The van der Waals surface area contributed by atoms with E-state index in [2.05, 4.69) is 25.6 Å². The second-order valence-corrected chi connectivity index (χ2v) is 6.81. The first-order valence-electron chi connectivity index (χ1n) is 8.10. The van der Waals surface area contributed by atoms with Gasteiger partial charge >= 0.3 is 6.18 Å². The predicted octanol–water partition coefficient (Wildman–Crippen LogP) is 3.74. The van der Waals surface area contributed by atoms with Gasteiger partial charge in [0.25, 0.3) is 5.91 Å². The Hall–Kier alpha value is -3.41. The van der Waals surface area contributed by atoms with Gasteiger partial charge in [-0.1, -0.05) is 29.5 Å². The number of rotatable bonds is 4. The van der Waals surface area contributed by atoms with E-state index in [4.69, 9.17) is 0 Å². The second kappa shape index (κ2) is 7.20. The Balaban J connectivity index is 1.66. The van der Waals surface area contributed by atoms with E-state index in [0.717, 1.165) is 0 Å².